The Morgan fingerprint density at radius 3 is 2.36 bits per heavy atom. The van der Waals surface area contributed by atoms with Gasteiger partial charge in [-0.15, -0.1) is 0 Å². The highest BCUT2D eigenvalue weighted by molar-refractivity contribution is 14.1. The first kappa shape index (κ1) is 21.1. The molecule has 0 N–H and O–H groups in total. The maximum absolute atomic E-state index is 6.85. The summed E-state index contributed by atoms with van der Waals surface area (Å²) in [6.45, 7) is 12.9. The molecule has 28 heavy (non-hydrogen) atoms. The summed E-state index contributed by atoms with van der Waals surface area (Å²) in [5, 5.41) is 6.87. The maximum Gasteiger partial charge on any atom is 0.0916 e. The molecule has 4 aliphatic carbocycles. The molecule has 2 unspecified atom stereocenters. The SMILES string of the molecule is CCN(CCOC)OC12CC3(C)CC(C)(CC(Cn4ncc(I)c4C)(C3)C1)C2. The fourth-order valence-electron chi connectivity index (χ4n) is 7.73. The predicted molar refractivity (Wildman–Crippen MR) is 119 cm³/mol. The molecule has 1 aromatic heterocycles. The van der Waals surface area contributed by atoms with E-state index < -0.39 is 0 Å². The van der Waals surface area contributed by atoms with Crippen molar-refractivity contribution >= 4 is 22.6 Å². The number of halogens is 1. The number of ether oxygens (including phenoxy) is 1. The van der Waals surface area contributed by atoms with Gasteiger partial charge in [0.2, 0.25) is 0 Å². The van der Waals surface area contributed by atoms with Gasteiger partial charge in [0.05, 0.1) is 22.0 Å². The van der Waals surface area contributed by atoms with Crippen molar-refractivity contribution in [2.75, 3.05) is 26.8 Å². The zero-order chi connectivity index (χ0) is 20.2. The number of likely N-dealkylation sites (N-methyl/N-ethyl adjacent to an activating group) is 1. The molecule has 5 nitrogen and oxygen atoms in total. The highest BCUT2D eigenvalue weighted by Gasteiger charge is 2.66. The van der Waals surface area contributed by atoms with Gasteiger partial charge < -0.3 is 4.74 Å². The van der Waals surface area contributed by atoms with Gasteiger partial charge in [-0.2, -0.15) is 10.2 Å². The Morgan fingerprint density at radius 2 is 1.82 bits per heavy atom. The van der Waals surface area contributed by atoms with E-state index in [-0.39, 0.29) is 5.60 Å². The van der Waals surface area contributed by atoms with Crippen LogP contribution in [-0.2, 0) is 16.1 Å². The second-order valence-corrected chi connectivity index (χ2v) is 11.9. The second-order valence-electron chi connectivity index (χ2n) is 10.7. The molecular weight excluding hydrogens is 465 g/mol. The van der Waals surface area contributed by atoms with Gasteiger partial charge in [0.15, 0.2) is 0 Å². The van der Waals surface area contributed by atoms with Crippen LogP contribution in [0.15, 0.2) is 6.20 Å². The van der Waals surface area contributed by atoms with E-state index in [1.807, 2.05) is 6.20 Å². The summed E-state index contributed by atoms with van der Waals surface area (Å²) in [6, 6.07) is 0. The van der Waals surface area contributed by atoms with Gasteiger partial charge in [0, 0.05) is 32.4 Å². The van der Waals surface area contributed by atoms with Crippen LogP contribution in [0.5, 0.6) is 0 Å². The first-order chi connectivity index (χ1) is 13.1. The third-order valence-electron chi connectivity index (χ3n) is 7.40. The zero-order valence-electron chi connectivity index (χ0n) is 18.2. The van der Waals surface area contributed by atoms with Crippen LogP contribution in [0.2, 0.25) is 0 Å². The Bertz CT molecular complexity index is 715. The maximum atomic E-state index is 6.85. The molecule has 0 aliphatic heterocycles. The molecule has 1 aromatic rings. The molecule has 0 saturated heterocycles. The monoisotopic (exact) mass is 501 g/mol. The molecule has 0 radical (unpaired) electrons. The molecule has 0 amide bonds. The third-order valence-corrected chi connectivity index (χ3v) is 8.46. The van der Waals surface area contributed by atoms with E-state index in [1.54, 1.807) is 7.11 Å². The molecule has 4 fully saturated rings. The fraction of sp³-hybridized carbons (Fsp3) is 0.864. The van der Waals surface area contributed by atoms with E-state index in [4.69, 9.17) is 14.7 Å². The standard InChI is InChI=1S/C22H36IN3O2/c1-6-25(7-8-27-5)28-22-13-19(3)10-20(4,14-22)12-21(11-19,15-22)16-26-17(2)18(23)9-24-26/h9H,6-8,10-16H2,1-5H3. The van der Waals surface area contributed by atoms with E-state index in [1.165, 1.54) is 41.4 Å². The van der Waals surface area contributed by atoms with Crippen LogP contribution in [0.25, 0.3) is 0 Å². The van der Waals surface area contributed by atoms with Gasteiger partial charge in [0.1, 0.15) is 0 Å². The number of methoxy groups -OCH3 is 1. The van der Waals surface area contributed by atoms with E-state index in [0.717, 1.165) is 26.1 Å². The normalized spacial score (nSPS) is 39.2. The van der Waals surface area contributed by atoms with E-state index in [2.05, 4.69) is 60.0 Å². The van der Waals surface area contributed by atoms with E-state index in [0.29, 0.717) is 22.9 Å². The highest BCUT2D eigenvalue weighted by atomic mass is 127. The van der Waals surface area contributed by atoms with Crippen molar-refractivity contribution in [3.8, 4) is 0 Å². The summed E-state index contributed by atoms with van der Waals surface area (Å²) in [6.07, 6.45) is 9.50. The van der Waals surface area contributed by atoms with Gasteiger partial charge in [-0.05, 0) is 84.3 Å². The minimum atomic E-state index is -0.0315. The van der Waals surface area contributed by atoms with Crippen molar-refractivity contribution in [1.29, 1.82) is 0 Å². The van der Waals surface area contributed by atoms with E-state index in [9.17, 15) is 0 Å². The average Bonchev–Trinajstić information content (AvgIpc) is 2.87. The molecule has 1 heterocycles. The molecule has 0 spiro atoms. The zero-order valence-corrected chi connectivity index (χ0v) is 20.3. The Hall–Kier alpha value is -0.180. The Balaban J connectivity index is 1.63. The Labute approximate surface area is 183 Å². The largest absolute Gasteiger partial charge is 0.383 e. The van der Waals surface area contributed by atoms with Crippen LogP contribution in [0.1, 0.15) is 65.0 Å². The molecule has 4 saturated carbocycles. The lowest BCUT2D eigenvalue weighted by Crippen LogP contribution is -2.65. The van der Waals surface area contributed by atoms with Gasteiger partial charge in [-0.1, -0.05) is 20.8 Å². The summed E-state index contributed by atoms with van der Waals surface area (Å²) in [5.41, 5.74) is 2.31. The Kier molecular flexibility index (Phi) is 5.42. The highest BCUT2D eigenvalue weighted by Crippen LogP contribution is 2.72. The van der Waals surface area contributed by atoms with Gasteiger partial charge in [-0.3, -0.25) is 9.52 Å². The molecule has 0 aromatic carbocycles. The van der Waals surface area contributed by atoms with Crippen molar-refractivity contribution in [2.24, 2.45) is 16.2 Å². The van der Waals surface area contributed by atoms with Crippen LogP contribution in [0, 0.1) is 26.7 Å². The van der Waals surface area contributed by atoms with Crippen molar-refractivity contribution in [2.45, 2.75) is 78.4 Å². The summed E-state index contributed by atoms with van der Waals surface area (Å²) in [5.74, 6) is 0. The van der Waals surface area contributed by atoms with Gasteiger partial charge >= 0.3 is 0 Å². The number of rotatable bonds is 8. The first-order valence-corrected chi connectivity index (χ1v) is 11.8. The quantitative estimate of drug-likeness (QED) is 0.379. The molecule has 4 bridgehead atoms. The van der Waals surface area contributed by atoms with Crippen LogP contribution in [-0.4, -0.2) is 47.3 Å². The van der Waals surface area contributed by atoms with Crippen molar-refractivity contribution < 1.29 is 9.57 Å². The molecule has 158 valence electrons. The number of hydroxylamine groups is 2. The summed E-state index contributed by atoms with van der Waals surface area (Å²) in [4.78, 5) is 6.85. The van der Waals surface area contributed by atoms with Crippen LogP contribution < -0.4 is 0 Å². The number of nitrogens with zero attached hydrogens (tertiary/aromatic N) is 3. The third kappa shape index (κ3) is 3.79. The van der Waals surface area contributed by atoms with Gasteiger partial charge in [-0.25, -0.2) is 0 Å². The minimum absolute atomic E-state index is 0.0315. The average molecular weight is 501 g/mol. The number of hydrogen-bond donors (Lipinski definition) is 0. The first-order valence-electron chi connectivity index (χ1n) is 10.7. The molecule has 5 rings (SSSR count). The van der Waals surface area contributed by atoms with Crippen LogP contribution in [0.4, 0.5) is 0 Å². The van der Waals surface area contributed by atoms with Crippen molar-refractivity contribution in [1.82, 2.24) is 14.8 Å². The van der Waals surface area contributed by atoms with Crippen LogP contribution >= 0.6 is 22.6 Å². The second kappa shape index (κ2) is 7.20. The smallest absolute Gasteiger partial charge is 0.0916 e. The lowest BCUT2D eigenvalue weighted by atomic mass is 9.39. The molecular formula is C22H36IN3O2. The van der Waals surface area contributed by atoms with Crippen molar-refractivity contribution in [3.05, 3.63) is 15.5 Å². The topological polar surface area (TPSA) is 39.5 Å². The van der Waals surface area contributed by atoms with Crippen molar-refractivity contribution in [3.63, 3.8) is 0 Å². The van der Waals surface area contributed by atoms with E-state index >= 15 is 0 Å². The predicted octanol–water partition coefficient (Wildman–Crippen LogP) is 4.82. The lowest BCUT2D eigenvalue weighted by Gasteiger charge is -2.69. The number of aromatic nitrogens is 2. The lowest BCUT2D eigenvalue weighted by molar-refractivity contribution is -0.329. The molecule has 6 heteroatoms. The molecule has 2 atom stereocenters. The summed E-state index contributed by atoms with van der Waals surface area (Å²) in [7, 11) is 1.77. The van der Waals surface area contributed by atoms with Crippen LogP contribution in [0.3, 0.4) is 0 Å². The Morgan fingerprint density at radius 1 is 1.14 bits per heavy atom. The number of hydrogen-bond acceptors (Lipinski definition) is 4. The minimum Gasteiger partial charge on any atom is -0.383 e. The molecule has 4 aliphatic rings. The van der Waals surface area contributed by atoms with Gasteiger partial charge in [0.25, 0.3) is 0 Å². The fourth-order valence-corrected chi connectivity index (χ4v) is 8.13. The summed E-state index contributed by atoms with van der Waals surface area (Å²) < 4.78 is 8.84. The summed E-state index contributed by atoms with van der Waals surface area (Å²) >= 11 is 2.40.